The Morgan fingerprint density at radius 1 is 1.00 bits per heavy atom. The van der Waals surface area contributed by atoms with Gasteiger partial charge in [0.15, 0.2) is 0 Å². The van der Waals surface area contributed by atoms with Gasteiger partial charge in [0.05, 0.1) is 6.42 Å². The highest BCUT2D eigenvalue weighted by Crippen LogP contribution is 2.37. The minimum atomic E-state index is -1.04. The number of carbonyl (C=O) groups excluding carboxylic acids is 3. The van der Waals surface area contributed by atoms with Crippen LogP contribution in [0.15, 0.2) is 36.4 Å². The normalized spacial score (nSPS) is 12.4. The molecule has 0 saturated heterocycles. The highest BCUT2D eigenvalue weighted by molar-refractivity contribution is 5.83. The molecule has 29 heavy (non-hydrogen) atoms. The number of primary amides is 2. The first-order valence-electron chi connectivity index (χ1n) is 8.55. The van der Waals surface area contributed by atoms with Crippen molar-refractivity contribution in [2.75, 3.05) is 0 Å². The standard InChI is InChI=1S/C20H20N4O5/c1-23-15(19(21)28)8-11-2-4-17(26)13(6-11)14-7-12(3-5-18(14)27)9-16(20(22)29)24-10-25/h2-7,10,15-16,26-27H,8-9H2,(H2,21,28)(H2,22,29)(H,24,25)/t15-,16-/m0/s1. The summed E-state index contributed by atoms with van der Waals surface area (Å²) < 4.78 is 0. The van der Waals surface area contributed by atoms with Gasteiger partial charge in [-0.2, -0.15) is 0 Å². The van der Waals surface area contributed by atoms with Crippen molar-refractivity contribution in [3.05, 3.63) is 58.9 Å². The number of rotatable bonds is 9. The molecule has 0 aliphatic heterocycles. The quantitative estimate of drug-likeness (QED) is 0.302. The summed E-state index contributed by atoms with van der Waals surface area (Å²) in [5, 5.41) is 22.9. The van der Waals surface area contributed by atoms with Crippen molar-refractivity contribution in [2.24, 2.45) is 11.5 Å². The summed E-state index contributed by atoms with van der Waals surface area (Å²) in [4.78, 5) is 36.6. The number of aromatic hydroxyl groups is 2. The van der Waals surface area contributed by atoms with Crippen molar-refractivity contribution < 1.29 is 24.6 Å². The lowest BCUT2D eigenvalue weighted by molar-refractivity contribution is -0.122. The van der Waals surface area contributed by atoms with E-state index in [0.29, 0.717) is 17.5 Å². The van der Waals surface area contributed by atoms with Crippen molar-refractivity contribution in [3.8, 4) is 22.6 Å². The van der Waals surface area contributed by atoms with Crippen LogP contribution in [0.25, 0.3) is 16.0 Å². The first-order valence-corrected chi connectivity index (χ1v) is 8.55. The molecule has 2 aromatic carbocycles. The third kappa shape index (κ3) is 5.23. The third-order valence-corrected chi connectivity index (χ3v) is 4.38. The number of nitrogens with two attached hydrogens (primary N) is 2. The van der Waals surface area contributed by atoms with Crippen molar-refractivity contribution in [1.82, 2.24) is 5.32 Å². The van der Waals surface area contributed by atoms with Crippen LogP contribution in [-0.4, -0.2) is 40.5 Å². The van der Waals surface area contributed by atoms with Crippen LogP contribution in [0.5, 0.6) is 11.5 Å². The molecule has 3 amide bonds. The van der Waals surface area contributed by atoms with Crippen LogP contribution in [0.2, 0.25) is 0 Å². The van der Waals surface area contributed by atoms with Gasteiger partial charge < -0.3 is 31.8 Å². The Morgan fingerprint density at radius 3 is 1.93 bits per heavy atom. The minimum Gasteiger partial charge on any atom is -0.507 e. The topological polar surface area (TPSA) is 160 Å². The van der Waals surface area contributed by atoms with Crippen molar-refractivity contribution in [3.63, 3.8) is 0 Å². The van der Waals surface area contributed by atoms with E-state index in [9.17, 15) is 24.6 Å². The Bertz CT molecular complexity index is 983. The van der Waals surface area contributed by atoms with Gasteiger partial charge in [0.1, 0.15) is 17.5 Å². The summed E-state index contributed by atoms with van der Waals surface area (Å²) >= 11 is 0. The van der Waals surface area contributed by atoms with Crippen molar-refractivity contribution in [2.45, 2.75) is 24.9 Å². The van der Waals surface area contributed by atoms with Crippen LogP contribution < -0.4 is 16.8 Å². The highest BCUT2D eigenvalue weighted by atomic mass is 16.3. The molecule has 9 nitrogen and oxygen atoms in total. The lowest BCUT2D eigenvalue weighted by Crippen LogP contribution is -2.42. The number of amides is 3. The lowest BCUT2D eigenvalue weighted by Gasteiger charge is -2.15. The van der Waals surface area contributed by atoms with Crippen LogP contribution in [-0.2, 0) is 27.2 Å². The molecule has 150 valence electrons. The largest absolute Gasteiger partial charge is 0.507 e. The molecule has 9 heteroatoms. The predicted octanol–water partition coefficient (Wildman–Crippen LogP) is 0.223. The molecule has 2 rings (SSSR count). The Kier molecular flexibility index (Phi) is 6.76. The fraction of sp³-hybridized carbons (Fsp3) is 0.200. The second kappa shape index (κ2) is 9.23. The number of benzene rings is 2. The zero-order valence-electron chi connectivity index (χ0n) is 15.3. The molecule has 2 aromatic rings. The first-order chi connectivity index (χ1) is 13.8. The summed E-state index contributed by atoms with van der Waals surface area (Å²) in [6.07, 6.45) is 0.515. The molecular formula is C20H20N4O5. The van der Waals surface area contributed by atoms with E-state index in [1.165, 1.54) is 12.1 Å². The Balaban J connectivity index is 2.42. The molecule has 7 N–H and O–H groups in total. The fourth-order valence-electron chi connectivity index (χ4n) is 2.84. The zero-order valence-corrected chi connectivity index (χ0v) is 15.3. The van der Waals surface area contributed by atoms with Crippen LogP contribution in [0, 0.1) is 6.57 Å². The van der Waals surface area contributed by atoms with Gasteiger partial charge in [0, 0.05) is 17.5 Å². The molecule has 0 heterocycles. The molecule has 0 saturated carbocycles. The zero-order chi connectivity index (χ0) is 21.6. The Labute approximate surface area is 166 Å². The first kappa shape index (κ1) is 21.2. The minimum absolute atomic E-state index is 0.0551. The molecule has 0 radical (unpaired) electrons. The van der Waals surface area contributed by atoms with Gasteiger partial charge >= 0.3 is 11.9 Å². The lowest BCUT2D eigenvalue weighted by atomic mass is 9.95. The van der Waals surface area contributed by atoms with Gasteiger partial charge in [-0.3, -0.25) is 14.4 Å². The highest BCUT2D eigenvalue weighted by Gasteiger charge is 2.22. The Hall–Kier alpha value is -4.06. The van der Waals surface area contributed by atoms with Gasteiger partial charge in [-0.25, -0.2) is 6.57 Å². The number of hydrogen-bond acceptors (Lipinski definition) is 5. The van der Waals surface area contributed by atoms with E-state index < -0.39 is 23.9 Å². The smallest absolute Gasteiger partial charge is 0.304 e. The summed E-state index contributed by atoms with van der Waals surface area (Å²) in [7, 11) is 0. The number of nitrogens with one attached hydrogen (secondary N) is 1. The van der Waals surface area contributed by atoms with E-state index in [1.807, 2.05) is 0 Å². The maximum absolute atomic E-state index is 11.5. The average molecular weight is 396 g/mol. The molecule has 0 aliphatic carbocycles. The number of hydrogen-bond donors (Lipinski definition) is 5. The van der Waals surface area contributed by atoms with Gasteiger partial charge in [0.2, 0.25) is 12.3 Å². The second-order valence-corrected chi connectivity index (χ2v) is 6.40. The summed E-state index contributed by atoms with van der Waals surface area (Å²) in [6.45, 7) is 7.06. The third-order valence-electron chi connectivity index (χ3n) is 4.38. The van der Waals surface area contributed by atoms with E-state index >= 15 is 0 Å². The van der Waals surface area contributed by atoms with E-state index in [4.69, 9.17) is 18.0 Å². The SMILES string of the molecule is [C-]#[N+][C@@H](Cc1ccc(O)c(-c2cc(C[C@H](NC=O)C(N)=O)ccc2O)c1)C(N)=O. The fourth-order valence-corrected chi connectivity index (χ4v) is 2.84. The summed E-state index contributed by atoms with van der Waals surface area (Å²) in [6, 6.07) is 7.02. The molecular weight excluding hydrogens is 376 g/mol. The van der Waals surface area contributed by atoms with Gasteiger partial charge in [0.25, 0.3) is 0 Å². The second-order valence-electron chi connectivity index (χ2n) is 6.40. The maximum atomic E-state index is 11.5. The van der Waals surface area contributed by atoms with Crippen molar-refractivity contribution in [1.29, 1.82) is 0 Å². The average Bonchev–Trinajstić information content (AvgIpc) is 2.68. The molecule has 0 aromatic heterocycles. The van der Waals surface area contributed by atoms with Crippen LogP contribution in [0.4, 0.5) is 0 Å². The number of phenolic OH excluding ortho intramolecular Hbond substituents is 2. The van der Waals surface area contributed by atoms with Gasteiger partial charge in [-0.1, -0.05) is 12.1 Å². The molecule has 2 atom stereocenters. The van der Waals surface area contributed by atoms with Gasteiger partial charge in [-0.05, 0) is 35.4 Å². The van der Waals surface area contributed by atoms with E-state index in [2.05, 4.69) is 10.2 Å². The molecule has 0 fully saturated rings. The molecule has 0 unspecified atom stereocenters. The molecule has 0 bridgehead atoms. The number of carbonyl (C=O) groups is 3. The number of phenols is 2. The summed E-state index contributed by atoms with van der Waals surface area (Å²) in [5.41, 5.74) is 12.2. The van der Waals surface area contributed by atoms with Crippen LogP contribution >= 0.6 is 0 Å². The summed E-state index contributed by atoms with van der Waals surface area (Å²) in [5.74, 6) is -1.72. The van der Waals surface area contributed by atoms with E-state index in [1.54, 1.807) is 24.3 Å². The van der Waals surface area contributed by atoms with E-state index in [0.717, 1.165) is 0 Å². The van der Waals surface area contributed by atoms with Crippen LogP contribution in [0.1, 0.15) is 11.1 Å². The maximum Gasteiger partial charge on any atom is 0.304 e. The van der Waals surface area contributed by atoms with E-state index in [-0.39, 0.29) is 35.5 Å². The molecule has 0 spiro atoms. The monoisotopic (exact) mass is 396 g/mol. The van der Waals surface area contributed by atoms with Crippen molar-refractivity contribution >= 4 is 18.2 Å². The van der Waals surface area contributed by atoms with Crippen LogP contribution in [0.3, 0.4) is 0 Å². The number of nitrogens with zero attached hydrogens (tertiary/aromatic N) is 1. The van der Waals surface area contributed by atoms with Gasteiger partial charge in [-0.15, -0.1) is 0 Å². The Morgan fingerprint density at radius 2 is 1.52 bits per heavy atom. The molecule has 0 aliphatic rings. The predicted molar refractivity (Wildman–Crippen MR) is 104 cm³/mol.